The number of nitrogens with zero attached hydrogens (tertiary/aromatic N) is 2. The van der Waals surface area contributed by atoms with E-state index in [0.717, 1.165) is 12.8 Å². The molecule has 1 heterocycles. The Morgan fingerprint density at radius 3 is 3.00 bits per heavy atom. The van der Waals surface area contributed by atoms with Gasteiger partial charge in [0.1, 0.15) is 6.04 Å². The van der Waals surface area contributed by atoms with Crippen molar-refractivity contribution in [1.82, 2.24) is 4.90 Å². The Hall–Kier alpha value is -1.08. The maximum Gasteiger partial charge on any atom is 0.237 e. The highest BCUT2D eigenvalue weighted by Crippen LogP contribution is 2.47. The molecule has 1 amide bonds. The molecule has 0 aromatic heterocycles. The summed E-state index contributed by atoms with van der Waals surface area (Å²) in [5.74, 6) is 0.511. The van der Waals surface area contributed by atoms with Crippen LogP contribution in [0.5, 0.6) is 0 Å². The summed E-state index contributed by atoms with van der Waals surface area (Å²) in [5, 5.41) is 8.73. The van der Waals surface area contributed by atoms with Crippen molar-refractivity contribution in [2.45, 2.75) is 24.9 Å². The van der Waals surface area contributed by atoms with E-state index in [0.29, 0.717) is 12.0 Å². The monoisotopic (exact) mass is 165 g/mol. The predicted octanol–water partition coefficient (Wildman–Crippen LogP) is -0.542. The van der Waals surface area contributed by atoms with Crippen LogP contribution in [0, 0.1) is 17.2 Å². The number of fused-ring (bicyclic) bond motifs is 1. The summed E-state index contributed by atoms with van der Waals surface area (Å²) in [6.07, 6.45) is 1.93. The molecule has 0 unspecified atom stereocenters. The van der Waals surface area contributed by atoms with Crippen molar-refractivity contribution in [1.29, 1.82) is 5.26 Å². The molecule has 2 aliphatic rings. The summed E-state index contributed by atoms with van der Waals surface area (Å²) < 4.78 is 0. The fourth-order valence-electron chi connectivity index (χ4n) is 2.04. The summed E-state index contributed by atoms with van der Waals surface area (Å²) in [6, 6.07) is 2.27. The molecule has 0 aromatic carbocycles. The van der Waals surface area contributed by atoms with Crippen LogP contribution in [-0.4, -0.2) is 29.4 Å². The molecule has 12 heavy (non-hydrogen) atoms. The van der Waals surface area contributed by atoms with Gasteiger partial charge in [-0.1, -0.05) is 0 Å². The predicted molar refractivity (Wildman–Crippen MR) is 41.8 cm³/mol. The lowest BCUT2D eigenvalue weighted by Gasteiger charge is -2.21. The van der Waals surface area contributed by atoms with E-state index in [1.54, 1.807) is 4.90 Å². The number of carbonyl (C=O) groups excluding carboxylic acids is 1. The highest BCUT2D eigenvalue weighted by atomic mass is 16.2. The van der Waals surface area contributed by atoms with E-state index in [2.05, 4.69) is 6.07 Å². The first-order chi connectivity index (χ1) is 5.77. The van der Waals surface area contributed by atoms with Gasteiger partial charge in [0.05, 0.1) is 12.6 Å². The third kappa shape index (κ3) is 0.901. The summed E-state index contributed by atoms with van der Waals surface area (Å²) in [5.41, 5.74) is 5.25. The molecule has 0 aromatic rings. The molecule has 0 spiro atoms. The normalized spacial score (nSPS) is 37.3. The number of carbonyl (C=O) groups is 1. The van der Waals surface area contributed by atoms with Crippen molar-refractivity contribution in [3.8, 4) is 6.07 Å². The standard InChI is InChI=1S/C8H11N3O/c9-3-6-1-5-2-7(5)11(6)8(12)4-10/h5-7H,1-2,4,10H2/t5-,6+,7+/m1/s1. The number of likely N-dealkylation sites (tertiary alicyclic amines) is 1. The highest BCUT2D eigenvalue weighted by Gasteiger charge is 2.53. The SMILES string of the molecule is N#C[C@@H]1C[C@@H]2C[C@@H]2N1C(=O)CN. The van der Waals surface area contributed by atoms with Gasteiger partial charge in [-0.3, -0.25) is 4.79 Å². The van der Waals surface area contributed by atoms with Crippen LogP contribution in [0.2, 0.25) is 0 Å². The zero-order valence-corrected chi connectivity index (χ0v) is 6.73. The minimum Gasteiger partial charge on any atom is -0.322 e. The number of amides is 1. The number of nitrogens with two attached hydrogens (primary N) is 1. The quantitative estimate of drug-likeness (QED) is 0.567. The number of piperidine rings is 1. The van der Waals surface area contributed by atoms with Crippen LogP contribution in [0.25, 0.3) is 0 Å². The Balaban J connectivity index is 2.12. The van der Waals surface area contributed by atoms with Crippen LogP contribution in [0.15, 0.2) is 0 Å². The molecule has 2 rings (SSSR count). The molecule has 0 bridgehead atoms. The minimum atomic E-state index is -0.204. The van der Waals surface area contributed by atoms with Crippen molar-refractivity contribution in [2.75, 3.05) is 6.54 Å². The van der Waals surface area contributed by atoms with Gasteiger partial charge in [-0.15, -0.1) is 0 Å². The maximum atomic E-state index is 11.3. The van der Waals surface area contributed by atoms with E-state index in [1.165, 1.54) is 0 Å². The average Bonchev–Trinajstić information content (AvgIpc) is 2.76. The lowest BCUT2D eigenvalue weighted by Crippen LogP contribution is -2.41. The molecular weight excluding hydrogens is 154 g/mol. The molecular formula is C8H11N3O. The van der Waals surface area contributed by atoms with E-state index >= 15 is 0 Å². The lowest BCUT2D eigenvalue weighted by atomic mass is 10.2. The molecule has 2 N–H and O–H groups in total. The lowest BCUT2D eigenvalue weighted by molar-refractivity contribution is -0.130. The van der Waals surface area contributed by atoms with E-state index in [-0.39, 0.29) is 18.5 Å². The first kappa shape index (κ1) is 7.56. The first-order valence-corrected chi connectivity index (χ1v) is 4.18. The zero-order valence-electron chi connectivity index (χ0n) is 6.73. The Morgan fingerprint density at radius 2 is 2.42 bits per heavy atom. The van der Waals surface area contributed by atoms with Gasteiger partial charge in [-0.2, -0.15) is 5.26 Å². The van der Waals surface area contributed by atoms with Crippen LogP contribution in [0.4, 0.5) is 0 Å². The third-order valence-corrected chi connectivity index (χ3v) is 2.72. The van der Waals surface area contributed by atoms with Gasteiger partial charge in [0.25, 0.3) is 0 Å². The Labute approximate surface area is 70.9 Å². The van der Waals surface area contributed by atoms with Crippen LogP contribution >= 0.6 is 0 Å². The van der Waals surface area contributed by atoms with Crippen LogP contribution in [0.1, 0.15) is 12.8 Å². The second kappa shape index (κ2) is 2.46. The van der Waals surface area contributed by atoms with Crippen LogP contribution in [0.3, 0.4) is 0 Å². The highest BCUT2D eigenvalue weighted by molar-refractivity contribution is 5.80. The van der Waals surface area contributed by atoms with Gasteiger partial charge >= 0.3 is 0 Å². The third-order valence-electron chi connectivity index (χ3n) is 2.72. The van der Waals surface area contributed by atoms with Gasteiger partial charge in [0.15, 0.2) is 0 Å². The van der Waals surface area contributed by atoms with E-state index in [4.69, 9.17) is 11.0 Å². The van der Waals surface area contributed by atoms with Gasteiger partial charge in [0, 0.05) is 6.04 Å². The molecule has 3 atom stereocenters. The number of hydrogen-bond donors (Lipinski definition) is 1. The van der Waals surface area contributed by atoms with E-state index in [9.17, 15) is 4.79 Å². The Bertz CT molecular complexity index is 258. The van der Waals surface area contributed by atoms with Crippen LogP contribution < -0.4 is 5.73 Å². The fraction of sp³-hybridized carbons (Fsp3) is 0.750. The topological polar surface area (TPSA) is 70.1 Å². The van der Waals surface area contributed by atoms with Crippen molar-refractivity contribution in [2.24, 2.45) is 11.7 Å². The number of nitriles is 1. The summed E-state index contributed by atoms with van der Waals surface area (Å²) in [6.45, 7) is 0.0292. The van der Waals surface area contributed by atoms with E-state index < -0.39 is 0 Å². The molecule has 0 radical (unpaired) electrons. The Kier molecular flexibility index (Phi) is 1.55. The van der Waals surface area contributed by atoms with Crippen molar-refractivity contribution < 1.29 is 4.79 Å². The fourth-order valence-corrected chi connectivity index (χ4v) is 2.04. The maximum absolute atomic E-state index is 11.3. The van der Waals surface area contributed by atoms with Crippen molar-refractivity contribution >= 4 is 5.91 Å². The Morgan fingerprint density at radius 1 is 1.67 bits per heavy atom. The molecule has 2 fully saturated rings. The molecule has 4 heteroatoms. The summed E-state index contributed by atoms with van der Waals surface area (Å²) in [4.78, 5) is 12.9. The van der Waals surface area contributed by atoms with Crippen molar-refractivity contribution in [3.63, 3.8) is 0 Å². The van der Waals surface area contributed by atoms with Gasteiger partial charge in [0.2, 0.25) is 5.91 Å². The minimum absolute atomic E-state index is 0.0292. The molecule has 1 aliphatic heterocycles. The molecule has 64 valence electrons. The zero-order chi connectivity index (χ0) is 8.72. The smallest absolute Gasteiger partial charge is 0.237 e. The van der Waals surface area contributed by atoms with Crippen molar-refractivity contribution in [3.05, 3.63) is 0 Å². The van der Waals surface area contributed by atoms with Gasteiger partial charge in [-0.25, -0.2) is 0 Å². The molecule has 1 saturated heterocycles. The largest absolute Gasteiger partial charge is 0.322 e. The van der Waals surface area contributed by atoms with Gasteiger partial charge in [-0.05, 0) is 18.8 Å². The first-order valence-electron chi connectivity index (χ1n) is 4.18. The van der Waals surface area contributed by atoms with Gasteiger partial charge < -0.3 is 10.6 Å². The molecule has 1 aliphatic carbocycles. The second-order valence-corrected chi connectivity index (χ2v) is 3.45. The summed E-state index contributed by atoms with van der Waals surface area (Å²) in [7, 11) is 0. The summed E-state index contributed by atoms with van der Waals surface area (Å²) >= 11 is 0. The van der Waals surface area contributed by atoms with Crippen LogP contribution in [-0.2, 0) is 4.79 Å². The molecule has 1 saturated carbocycles. The molecule has 4 nitrogen and oxygen atoms in total. The number of rotatable bonds is 1. The second-order valence-electron chi connectivity index (χ2n) is 3.45. The van der Waals surface area contributed by atoms with E-state index in [1.807, 2.05) is 0 Å². The average molecular weight is 165 g/mol. The number of hydrogen-bond acceptors (Lipinski definition) is 3.